The second-order valence-electron chi connectivity index (χ2n) is 4.56. The van der Waals surface area contributed by atoms with Gasteiger partial charge in [-0.3, -0.25) is 4.79 Å². The van der Waals surface area contributed by atoms with Crippen LogP contribution in [0.1, 0.15) is 20.3 Å². The summed E-state index contributed by atoms with van der Waals surface area (Å²) in [7, 11) is 1.92. The number of piperidine rings is 1. The highest BCUT2D eigenvalue weighted by Crippen LogP contribution is 2.55. The van der Waals surface area contributed by atoms with Crippen LogP contribution in [0.25, 0.3) is 0 Å². The van der Waals surface area contributed by atoms with E-state index in [0.717, 1.165) is 12.5 Å². The summed E-state index contributed by atoms with van der Waals surface area (Å²) in [5, 5.41) is 0. The van der Waals surface area contributed by atoms with E-state index in [0.29, 0.717) is 23.7 Å². The zero-order chi connectivity index (χ0) is 8.88. The lowest BCUT2D eigenvalue weighted by Crippen LogP contribution is -2.33. The van der Waals surface area contributed by atoms with Crippen molar-refractivity contribution in [2.75, 3.05) is 13.6 Å². The van der Waals surface area contributed by atoms with Gasteiger partial charge in [0.2, 0.25) is 5.91 Å². The third-order valence-electron chi connectivity index (χ3n) is 3.46. The van der Waals surface area contributed by atoms with E-state index >= 15 is 0 Å². The topological polar surface area (TPSA) is 20.3 Å². The van der Waals surface area contributed by atoms with Crippen LogP contribution in [0.3, 0.4) is 0 Å². The molecule has 1 saturated carbocycles. The van der Waals surface area contributed by atoms with E-state index < -0.39 is 0 Å². The SMILES string of the molecule is CC(C)C1C2CCN(C)C(=O)C21. The van der Waals surface area contributed by atoms with E-state index in [9.17, 15) is 4.79 Å². The van der Waals surface area contributed by atoms with Gasteiger partial charge in [0.15, 0.2) is 0 Å². The number of hydrogen-bond donors (Lipinski definition) is 0. The fourth-order valence-corrected chi connectivity index (χ4v) is 2.74. The van der Waals surface area contributed by atoms with Crippen LogP contribution in [0.4, 0.5) is 0 Å². The van der Waals surface area contributed by atoms with Gasteiger partial charge in [0.1, 0.15) is 0 Å². The van der Waals surface area contributed by atoms with Gasteiger partial charge in [0.25, 0.3) is 0 Å². The first kappa shape index (κ1) is 8.09. The average molecular weight is 167 g/mol. The van der Waals surface area contributed by atoms with Crippen LogP contribution in [-0.2, 0) is 4.79 Å². The number of amides is 1. The molecule has 0 spiro atoms. The van der Waals surface area contributed by atoms with Gasteiger partial charge < -0.3 is 4.90 Å². The summed E-state index contributed by atoms with van der Waals surface area (Å²) in [6.07, 6.45) is 1.23. The van der Waals surface area contributed by atoms with Crippen molar-refractivity contribution in [3.05, 3.63) is 0 Å². The Bertz CT molecular complexity index is 212. The molecule has 12 heavy (non-hydrogen) atoms. The average Bonchev–Trinajstić information content (AvgIpc) is 2.71. The van der Waals surface area contributed by atoms with E-state index in [1.54, 1.807) is 0 Å². The van der Waals surface area contributed by atoms with Crippen LogP contribution in [0.5, 0.6) is 0 Å². The molecule has 0 radical (unpaired) electrons. The smallest absolute Gasteiger partial charge is 0.226 e. The Labute approximate surface area is 73.9 Å². The van der Waals surface area contributed by atoms with Crippen molar-refractivity contribution in [3.63, 3.8) is 0 Å². The Balaban J connectivity index is 2.07. The first-order chi connectivity index (χ1) is 5.63. The zero-order valence-corrected chi connectivity index (χ0v) is 8.08. The Hall–Kier alpha value is -0.530. The maximum absolute atomic E-state index is 11.6. The number of fused-ring (bicyclic) bond motifs is 1. The summed E-state index contributed by atoms with van der Waals surface area (Å²) in [5.74, 6) is 2.90. The quantitative estimate of drug-likeness (QED) is 0.577. The molecule has 3 atom stereocenters. The molecule has 2 heteroatoms. The lowest BCUT2D eigenvalue weighted by molar-refractivity contribution is -0.133. The van der Waals surface area contributed by atoms with Crippen LogP contribution in [0, 0.1) is 23.7 Å². The van der Waals surface area contributed by atoms with Gasteiger partial charge in [-0.2, -0.15) is 0 Å². The molecule has 0 aromatic rings. The molecule has 0 bridgehead atoms. The molecule has 1 saturated heterocycles. The molecular weight excluding hydrogens is 150 g/mol. The van der Waals surface area contributed by atoms with Crippen molar-refractivity contribution in [1.82, 2.24) is 4.90 Å². The summed E-state index contributed by atoms with van der Waals surface area (Å²) in [6.45, 7) is 5.44. The minimum atomic E-state index is 0.392. The molecule has 0 aromatic heterocycles. The Morgan fingerprint density at radius 3 is 2.75 bits per heavy atom. The number of carbonyl (C=O) groups excluding carboxylic acids is 1. The van der Waals surface area contributed by atoms with E-state index in [-0.39, 0.29) is 0 Å². The highest BCUT2D eigenvalue weighted by atomic mass is 16.2. The monoisotopic (exact) mass is 167 g/mol. The van der Waals surface area contributed by atoms with Crippen molar-refractivity contribution < 1.29 is 4.79 Å². The van der Waals surface area contributed by atoms with Crippen LogP contribution >= 0.6 is 0 Å². The second-order valence-corrected chi connectivity index (χ2v) is 4.56. The van der Waals surface area contributed by atoms with Crippen molar-refractivity contribution >= 4 is 5.91 Å². The number of hydrogen-bond acceptors (Lipinski definition) is 1. The lowest BCUT2D eigenvalue weighted by atomic mass is 10.1. The maximum Gasteiger partial charge on any atom is 0.226 e. The third kappa shape index (κ3) is 0.970. The Kier molecular flexibility index (Phi) is 1.67. The highest BCUT2D eigenvalue weighted by Gasteiger charge is 2.58. The molecule has 1 amide bonds. The molecule has 68 valence electrons. The van der Waals surface area contributed by atoms with Crippen molar-refractivity contribution in [2.45, 2.75) is 20.3 Å². The first-order valence-corrected chi connectivity index (χ1v) is 4.88. The van der Waals surface area contributed by atoms with E-state index in [1.807, 2.05) is 11.9 Å². The van der Waals surface area contributed by atoms with Gasteiger partial charge in [0.05, 0.1) is 0 Å². The number of rotatable bonds is 1. The summed E-state index contributed by atoms with van der Waals surface area (Å²) in [5.41, 5.74) is 0. The van der Waals surface area contributed by atoms with Gasteiger partial charge in [-0.1, -0.05) is 13.8 Å². The minimum Gasteiger partial charge on any atom is -0.345 e. The van der Waals surface area contributed by atoms with Crippen molar-refractivity contribution in [1.29, 1.82) is 0 Å². The van der Waals surface area contributed by atoms with Crippen LogP contribution in [-0.4, -0.2) is 24.4 Å². The minimum absolute atomic E-state index is 0.392. The third-order valence-corrected chi connectivity index (χ3v) is 3.46. The summed E-state index contributed by atoms with van der Waals surface area (Å²) in [4.78, 5) is 13.5. The summed E-state index contributed by atoms with van der Waals surface area (Å²) >= 11 is 0. The second kappa shape index (κ2) is 2.48. The zero-order valence-electron chi connectivity index (χ0n) is 8.08. The molecule has 1 aliphatic heterocycles. The molecule has 0 N–H and O–H groups in total. The number of likely N-dealkylation sites (tertiary alicyclic amines) is 1. The number of carbonyl (C=O) groups is 1. The molecule has 1 aliphatic carbocycles. The largest absolute Gasteiger partial charge is 0.345 e. The fraction of sp³-hybridized carbons (Fsp3) is 0.900. The van der Waals surface area contributed by atoms with Gasteiger partial charge >= 0.3 is 0 Å². The molecule has 2 nitrogen and oxygen atoms in total. The van der Waals surface area contributed by atoms with Gasteiger partial charge in [-0.05, 0) is 24.2 Å². The molecule has 3 unspecified atom stereocenters. The van der Waals surface area contributed by atoms with Crippen LogP contribution in [0.2, 0.25) is 0 Å². The van der Waals surface area contributed by atoms with Gasteiger partial charge in [-0.15, -0.1) is 0 Å². The first-order valence-electron chi connectivity index (χ1n) is 4.88. The maximum atomic E-state index is 11.6. The Morgan fingerprint density at radius 2 is 2.17 bits per heavy atom. The predicted molar refractivity (Wildman–Crippen MR) is 47.6 cm³/mol. The van der Waals surface area contributed by atoms with Crippen LogP contribution in [0.15, 0.2) is 0 Å². The van der Waals surface area contributed by atoms with E-state index in [4.69, 9.17) is 0 Å². The summed E-state index contributed by atoms with van der Waals surface area (Å²) in [6, 6.07) is 0. The fourth-order valence-electron chi connectivity index (χ4n) is 2.74. The van der Waals surface area contributed by atoms with Crippen molar-refractivity contribution in [2.24, 2.45) is 23.7 Å². The van der Waals surface area contributed by atoms with Gasteiger partial charge in [0, 0.05) is 19.5 Å². The van der Waals surface area contributed by atoms with E-state index in [2.05, 4.69) is 13.8 Å². The predicted octanol–water partition coefficient (Wildman–Crippen LogP) is 1.37. The van der Waals surface area contributed by atoms with E-state index in [1.165, 1.54) is 6.42 Å². The summed E-state index contributed by atoms with van der Waals surface area (Å²) < 4.78 is 0. The van der Waals surface area contributed by atoms with Crippen molar-refractivity contribution in [3.8, 4) is 0 Å². The Morgan fingerprint density at radius 1 is 1.50 bits per heavy atom. The standard InChI is InChI=1S/C10H17NO/c1-6(2)8-7-4-5-11(3)10(12)9(7)8/h6-9H,4-5H2,1-3H3. The van der Waals surface area contributed by atoms with Crippen LogP contribution < -0.4 is 0 Å². The highest BCUT2D eigenvalue weighted by molar-refractivity contribution is 5.83. The normalized spacial score (nSPS) is 40.2. The molecule has 0 aromatic carbocycles. The van der Waals surface area contributed by atoms with Gasteiger partial charge in [-0.25, -0.2) is 0 Å². The molecule has 2 aliphatic rings. The number of nitrogens with zero attached hydrogens (tertiary/aromatic N) is 1. The molecule has 2 rings (SSSR count). The molecule has 1 heterocycles. The lowest BCUT2D eigenvalue weighted by Gasteiger charge is -2.20. The molecule has 2 fully saturated rings. The molecular formula is C10H17NO.